The highest BCUT2D eigenvalue weighted by molar-refractivity contribution is 8.26. The smallest absolute Gasteiger partial charge is 0.318 e. The Labute approximate surface area is 214 Å². The average Bonchev–Trinajstić information content (AvgIpc) is 3.12. The Balaban J connectivity index is 1.53. The zero-order valence-electron chi connectivity index (χ0n) is 18.7. The Morgan fingerprint density at radius 3 is 2.42 bits per heavy atom. The van der Waals surface area contributed by atoms with Gasteiger partial charge in [0.15, 0.2) is 0 Å². The van der Waals surface area contributed by atoms with Gasteiger partial charge in [-0.2, -0.15) is 0 Å². The summed E-state index contributed by atoms with van der Waals surface area (Å²) in [5.74, 6) is 0.589. The van der Waals surface area contributed by atoms with Gasteiger partial charge in [-0.05, 0) is 47.5 Å². The molecule has 0 atom stereocenters. The zero-order chi connectivity index (χ0) is 25.8. The van der Waals surface area contributed by atoms with E-state index in [0.717, 1.165) is 17.7 Å². The van der Waals surface area contributed by atoms with Crippen molar-refractivity contribution in [3.8, 4) is 17.2 Å². The number of hydrogen-bond acceptors (Lipinski definition) is 9. The molecular formula is C24H17N3O7S2. The van der Waals surface area contributed by atoms with Crippen LogP contribution in [-0.4, -0.2) is 32.1 Å². The van der Waals surface area contributed by atoms with Gasteiger partial charge in [0.2, 0.25) is 5.75 Å². The molecule has 1 heterocycles. The van der Waals surface area contributed by atoms with Gasteiger partial charge >= 0.3 is 5.69 Å². The number of carbonyl (C=O) groups excluding carboxylic acids is 1. The molecule has 0 radical (unpaired) electrons. The first-order valence-electron chi connectivity index (χ1n) is 10.3. The van der Waals surface area contributed by atoms with Crippen LogP contribution < -0.4 is 9.47 Å². The van der Waals surface area contributed by atoms with E-state index in [4.69, 9.17) is 21.7 Å². The number of ether oxygens (including phenoxy) is 2. The molecule has 1 aliphatic rings. The highest BCUT2D eigenvalue weighted by Gasteiger charge is 2.32. The van der Waals surface area contributed by atoms with Crippen LogP contribution in [0.5, 0.6) is 17.2 Å². The van der Waals surface area contributed by atoms with Gasteiger partial charge in [-0.3, -0.25) is 29.9 Å². The highest BCUT2D eigenvalue weighted by atomic mass is 32.2. The molecule has 1 amide bonds. The summed E-state index contributed by atoms with van der Waals surface area (Å²) < 4.78 is 11.2. The second-order valence-corrected chi connectivity index (χ2v) is 9.13. The zero-order valence-corrected chi connectivity index (χ0v) is 20.3. The van der Waals surface area contributed by atoms with Crippen LogP contribution in [0.1, 0.15) is 11.1 Å². The first-order chi connectivity index (χ1) is 17.2. The summed E-state index contributed by atoms with van der Waals surface area (Å²) in [6, 6.07) is 17.1. The van der Waals surface area contributed by atoms with Crippen LogP contribution in [0.15, 0.2) is 71.6 Å². The third-order valence-corrected chi connectivity index (χ3v) is 6.48. The minimum absolute atomic E-state index is 0.145. The summed E-state index contributed by atoms with van der Waals surface area (Å²) in [5, 5.41) is 22.3. The van der Waals surface area contributed by atoms with Crippen molar-refractivity contribution >= 4 is 51.7 Å². The van der Waals surface area contributed by atoms with Crippen molar-refractivity contribution in [3.05, 3.63) is 103 Å². The van der Waals surface area contributed by atoms with Crippen LogP contribution >= 0.6 is 24.0 Å². The summed E-state index contributed by atoms with van der Waals surface area (Å²) >= 11 is 6.58. The Morgan fingerprint density at radius 2 is 1.75 bits per heavy atom. The van der Waals surface area contributed by atoms with Gasteiger partial charge in [0.05, 0.1) is 34.5 Å². The number of non-ortho nitro benzene ring substituents is 1. The number of nitro benzene ring substituents is 2. The standard InChI is InChI=1S/C24H17N3O7S2/c1-33-18-8-5-15(6-9-18)14-25-23(28)22(36-24(25)35)12-16-3-2-4-19(11-16)34-21-10-7-17(26(29)30)13-20(21)27(31)32/h2-13H,14H2,1H3. The molecule has 182 valence electrons. The fraction of sp³-hybridized carbons (Fsp3) is 0.0833. The summed E-state index contributed by atoms with van der Waals surface area (Å²) in [6.45, 7) is 0.318. The largest absolute Gasteiger partial charge is 0.497 e. The van der Waals surface area contributed by atoms with Gasteiger partial charge in [-0.15, -0.1) is 0 Å². The van der Waals surface area contributed by atoms with E-state index < -0.39 is 21.2 Å². The van der Waals surface area contributed by atoms with Gasteiger partial charge in [0, 0.05) is 6.07 Å². The minimum Gasteiger partial charge on any atom is -0.497 e. The van der Waals surface area contributed by atoms with E-state index in [9.17, 15) is 25.0 Å². The first-order valence-corrected chi connectivity index (χ1v) is 11.6. The fourth-order valence-corrected chi connectivity index (χ4v) is 4.60. The van der Waals surface area contributed by atoms with Gasteiger partial charge in [0.25, 0.3) is 11.6 Å². The molecule has 1 fully saturated rings. The third kappa shape index (κ3) is 5.50. The van der Waals surface area contributed by atoms with Crippen molar-refractivity contribution < 1.29 is 24.1 Å². The predicted octanol–water partition coefficient (Wildman–Crippen LogP) is 5.71. The number of thiocarbonyl (C=S) groups is 1. The molecule has 1 aliphatic heterocycles. The van der Waals surface area contributed by atoms with E-state index in [2.05, 4.69) is 0 Å². The molecular weight excluding hydrogens is 506 g/mol. The van der Waals surface area contributed by atoms with Gasteiger partial charge in [-0.25, -0.2) is 0 Å². The van der Waals surface area contributed by atoms with Crippen molar-refractivity contribution in [2.75, 3.05) is 7.11 Å². The van der Waals surface area contributed by atoms with Gasteiger partial charge < -0.3 is 9.47 Å². The van der Waals surface area contributed by atoms with Crippen LogP contribution in [0.25, 0.3) is 6.08 Å². The molecule has 0 N–H and O–H groups in total. The molecule has 0 unspecified atom stereocenters. The number of methoxy groups -OCH3 is 1. The van der Waals surface area contributed by atoms with Crippen molar-refractivity contribution in [3.63, 3.8) is 0 Å². The lowest BCUT2D eigenvalue weighted by molar-refractivity contribution is -0.394. The van der Waals surface area contributed by atoms with Crippen LogP contribution in [0.2, 0.25) is 0 Å². The number of nitro groups is 2. The van der Waals surface area contributed by atoms with Gasteiger partial charge in [-0.1, -0.05) is 48.2 Å². The molecule has 36 heavy (non-hydrogen) atoms. The van der Waals surface area contributed by atoms with E-state index in [1.165, 1.54) is 22.7 Å². The number of nitrogens with zero attached hydrogens (tertiary/aromatic N) is 3. The molecule has 0 aromatic heterocycles. The van der Waals surface area contributed by atoms with E-state index in [1.54, 1.807) is 37.5 Å². The first kappa shape index (κ1) is 24.8. The summed E-state index contributed by atoms with van der Waals surface area (Å²) in [6.07, 6.45) is 1.66. The summed E-state index contributed by atoms with van der Waals surface area (Å²) in [7, 11) is 1.58. The molecule has 12 heteroatoms. The Morgan fingerprint density at radius 1 is 1.00 bits per heavy atom. The van der Waals surface area contributed by atoms with Crippen LogP contribution in [0.4, 0.5) is 11.4 Å². The Hall–Kier alpha value is -4.29. The number of benzene rings is 3. The monoisotopic (exact) mass is 523 g/mol. The van der Waals surface area contributed by atoms with Crippen LogP contribution in [-0.2, 0) is 11.3 Å². The van der Waals surface area contributed by atoms with E-state index in [-0.39, 0.29) is 17.4 Å². The molecule has 0 aliphatic carbocycles. The highest BCUT2D eigenvalue weighted by Crippen LogP contribution is 2.36. The molecule has 0 bridgehead atoms. The van der Waals surface area contributed by atoms with Crippen molar-refractivity contribution in [2.45, 2.75) is 6.54 Å². The second kappa shape index (κ2) is 10.5. The summed E-state index contributed by atoms with van der Waals surface area (Å²) in [5.41, 5.74) is 0.559. The number of hydrogen-bond donors (Lipinski definition) is 0. The molecule has 0 spiro atoms. The molecule has 10 nitrogen and oxygen atoms in total. The maximum atomic E-state index is 13.0. The maximum absolute atomic E-state index is 13.0. The number of carbonyl (C=O) groups is 1. The van der Waals surface area contributed by atoms with Crippen molar-refractivity contribution in [2.24, 2.45) is 0 Å². The van der Waals surface area contributed by atoms with E-state index in [0.29, 0.717) is 27.1 Å². The number of rotatable bonds is 8. The molecule has 4 rings (SSSR count). The van der Waals surface area contributed by atoms with E-state index in [1.807, 2.05) is 24.3 Å². The molecule has 3 aromatic carbocycles. The quantitative estimate of drug-likeness (QED) is 0.158. The lowest BCUT2D eigenvalue weighted by Crippen LogP contribution is -2.27. The summed E-state index contributed by atoms with van der Waals surface area (Å²) in [4.78, 5) is 35.8. The van der Waals surface area contributed by atoms with Crippen LogP contribution in [0, 0.1) is 20.2 Å². The topological polar surface area (TPSA) is 125 Å². The lowest BCUT2D eigenvalue weighted by atomic mass is 10.2. The third-order valence-electron chi connectivity index (χ3n) is 5.11. The Bertz CT molecular complexity index is 1410. The normalized spacial score (nSPS) is 14.2. The van der Waals surface area contributed by atoms with E-state index >= 15 is 0 Å². The SMILES string of the molecule is COc1ccc(CN2C(=O)C(=Cc3cccc(Oc4ccc([N+](=O)[O-])cc4[N+](=O)[O-])c3)SC2=S)cc1. The Kier molecular flexibility index (Phi) is 7.27. The number of amides is 1. The lowest BCUT2D eigenvalue weighted by Gasteiger charge is -2.14. The van der Waals surface area contributed by atoms with Crippen molar-refractivity contribution in [1.29, 1.82) is 0 Å². The van der Waals surface area contributed by atoms with Gasteiger partial charge in [0.1, 0.15) is 15.8 Å². The average molecular weight is 524 g/mol. The molecule has 1 saturated heterocycles. The second-order valence-electron chi connectivity index (χ2n) is 7.46. The fourth-order valence-electron chi connectivity index (χ4n) is 3.34. The maximum Gasteiger partial charge on any atom is 0.318 e. The number of thioether (sulfide) groups is 1. The predicted molar refractivity (Wildman–Crippen MR) is 138 cm³/mol. The minimum atomic E-state index is -0.750. The van der Waals surface area contributed by atoms with Crippen LogP contribution in [0.3, 0.4) is 0 Å². The van der Waals surface area contributed by atoms with Crippen molar-refractivity contribution in [1.82, 2.24) is 4.90 Å². The molecule has 3 aromatic rings. The molecule has 0 saturated carbocycles.